The van der Waals surface area contributed by atoms with Gasteiger partial charge in [-0.3, -0.25) is 0 Å². The van der Waals surface area contributed by atoms with Crippen LogP contribution in [0.5, 0.6) is 5.75 Å². The summed E-state index contributed by atoms with van der Waals surface area (Å²) >= 11 is 0. The van der Waals surface area contributed by atoms with E-state index in [1.165, 1.54) is 10.5 Å². The van der Waals surface area contributed by atoms with Gasteiger partial charge in [-0.1, -0.05) is 41.5 Å². The largest absolute Gasteiger partial charge is 0.507 e. The SMILES string of the molecule is CC(C)(C)c1cc(C[NH+]2CCC(O)CC2)cc(C(C)(C)C)c1O. The van der Waals surface area contributed by atoms with Crippen LogP contribution in [0.2, 0.25) is 0 Å². The zero-order chi connectivity index (χ0) is 17.4. The average molecular weight is 320 g/mol. The van der Waals surface area contributed by atoms with Crippen molar-refractivity contribution in [1.82, 2.24) is 0 Å². The number of benzene rings is 1. The van der Waals surface area contributed by atoms with Crippen molar-refractivity contribution in [1.29, 1.82) is 0 Å². The van der Waals surface area contributed by atoms with Crippen LogP contribution in [0.3, 0.4) is 0 Å². The zero-order valence-corrected chi connectivity index (χ0v) is 15.7. The Morgan fingerprint density at radius 2 is 1.39 bits per heavy atom. The Bertz CT molecular complexity index is 509. The molecule has 1 heterocycles. The van der Waals surface area contributed by atoms with Crippen LogP contribution in [-0.4, -0.2) is 29.4 Å². The Balaban J connectivity index is 2.36. The Hall–Kier alpha value is -1.06. The van der Waals surface area contributed by atoms with Crippen molar-refractivity contribution in [2.24, 2.45) is 0 Å². The van der Waals surface area contributed by atoms with Gasteiger partial charge in [0, 0.05) is 29.5 Å². The van der Waals surface area contributed by atoms with Gasteiger partial charge in [-0.25, -0.2) is 0 Å². The van der Waals surface area contributed by atoms with E-state index < -0.39 is 0 Å². The number of aliphatic hydroxyl groups excluding tert-OH is 1. The molecule has 0 spiro atoms. The van der Waals surface area contributed by atoms with E-state index in [4.69, 9.17) is 0 Å². The minimum absolute atomic E-state index is 0.0759. The Kier molecular flexibility index (Phi) is 5.12. The van der Waals surface area contributed by atoms with Gasteiger partial charge in [0.1, 0.15) is 12.3 Å². The molecule has 1 aliphatic rings. The Morgan fingerprint density at radius 1 is 0.957 bits per heavy atom. The van der Waals surface area contributed by atoms with Gasteiger partial charge in [0.05, 0.1) is 19.2 Å². The first-order valence-electron chi connectivity index (χ1n) is 8.87. The van der Waals surface area contributed by atoms with Gasteiger partial charge < -0.3 is 15.1 Å². The van der Waals surface area contributed by atoms with Crippen molar-refractivity contribution in [3.63, 3.8) is 0 Å². The van der Waals surface area contributed by atoms with Gasteiger partial charge in [0.2, 0.25) is 0 Å². The number of likely N-dealkylation sites (tertiary alicyclic amines) is 1. The first-order chi connectivity index (χ1) is 10.5. The number of hydrogen-bond acceptors (Lipinski definition) is 2. The van der Waals surface area contributed by atoms with Crippen molar-refractivity contribution in [3.05, 3.63) is 28.8 Å². The van der Waals surface area contributed by atoms with Crippen LogP contribution in [0.1, 0.15) is 71.1 Å². The van der Waals surface area contributed by atoms with E-state index >= 15 is 0 Å². The van der Waals surface area contributed by atoms with Crippen molar-refractivity contribution in [3.8, 4) is 5.75 Å². The zero-order valence-electron chi connectivity index (χ0n) is 15.7. The Morgan fingerprint density at radius 3 is 1.78 bits per heavy atom. The average Bonchev–Trinajstić information content (AvgIpc) is 2.40. The molecule has 3 N–H and O–H groups in total. The highest BCUT2D eigenvalue weighted by atomic mass is 16.3. The molecule has 0 aliphatic carbocycles. The smallest absolute Gasteiger partial charge is 0.123 e. The van der Waals surface area contributed by atoms with Crippen LogP contribution in [0, 0.1) is 0 Å². The fourth-order valence-corrected chi connectivity index (χ4v) is 3.42. The predicted octanol–water partition coefficient (Wildman–Crippen LogP) is 2.53. The third-order valence-corrected chi connectivity index (χ3v) is 4.90. The lowest BCUT2D eigenvalue weighted by Crippen LogP contribution is -3.12. The van der Waals surface area contributed by atoms with Crippen molar-refractivity contribution < 1.29 is 15.1 Å². The number of aliphatic hydroxyl groups is 1. The molecule has 0 saturated carbocycles. The molecule has 130 valence electrons. The molecule has 0 bridgehead atoms. The van der Waals surface area contributed by atoms with Crippen LogP contribution in [-0.2, 0) is 17.4 Å². The molecular formula is C20H34NO2+. The summed E-state index contributed by atoms with van der Waals surface area (Å²) in [5.41, 5.74) is 3.22. The molecule has 0 atom stereocenters. The summed E-state index contributed by atoms with van der Waals surface area (Å²) in [6.45, 7) is 16.0. The predicted molar refractivity (Wildman–Crippen MR) is 95.1 cm³/mol. The summed E-state index contributed by atoms with van der Waals surface area (Å²) in [5, 5.41) is 20.5. The maximum Gasteiger partial charge on any atom is 0.123 e. The summed E-state index contributed by atoms with van der Waals surface area (Å²) in [6, 6.07) is 4.37. The topological polar surface area (TPSA) is 44.9 Å². The van der Waals surface area contributed by atoms with Crippen LogP contribution in [0.4, 0.5) is 0 Å². The molecule has 2 rings (SSSR count). The lowest BCUT2D eigenvalue weighted by atomic mass is 9.78. The molecule has 1 fully saturated rings. The monoisotopic (exact) mass is 320 g/mol. The minimum atomic E-state index is -0.117. The highest BCUT2D eigenvalue weighted by Gasteiger charge is 2.28. The van der Waals surface area contributed by atoms with E-state index in [1.54, 1.807) is 0 Å². The summed E-state index contributed by atoms with van der Waals surface area (Å²) < 4.78 is 0. The van der Waals surface area contributed by atoms with E-state index in [2.05, 4.69) is 53.7 Å². The Labute approximate surface area is 141 Å². The third-order valence-electron chi connectivity index (χ3n) is 4.90. The molecule has 3 nitrogen and oxygen atoms in total. The second-order valence-electron chi connectivity index (χ2n) is 9.20. The molecule has 1 aromatic rings. The quantitative estimate of drug-likeness (QED) is 0.784. The lowest BCUT2D eigenvalue weighted by Gasteiger charge is -2.30. The fourth-order valence-electron chi connectivity index (χ4n) is 3.42. The van der Waals surface area contributed by atoms with Gasteiger partial charge >= 0.3 is 0 Å². The van der Waals surface area contributed by atoms with E-state index in [9.17, 15) is 10.2 Å². The summed E-state index contributed by atoms with van der Waals surface area (Å²) in [7, 11) is 0. The highest BCUT2D eigenvalue weighted by molar-refractivity contribution is 5.49. The number of quaternary nitrogens is 1. The molecule has 0 amide bonds. The lowest BCUT2D eigenvalue weighted by molar-refractivity contribution is -0.919. The van der Waals surface area contributed by atoms with E-state index in [0.717, 1.165) is 43.6 Å². The first-order valence-corrected chi connectivity index (χ1v) is 8.87. The van der Waals surface area contributed by atoms with E-state index in [-0.39, 0.29) is 16.9 Å². The number of piperidine rings is 1. The van der Waals surface area contributed by atoms with E-state index in [1.807, 2.05) is 0 Å². The van der Waals surface area contributed by atoms with Gasteiger partial charge in [-0.2, -0.15) is 0 Å². The van der Waals surface area contributed by atoms with Crippen LogP contribution in [0.25, 0.3) is 0 Å². The molecule has 1 aromatic carbocycles. The number of nitrogens with one attached hydrogen (secondary N) is 1. The molecule has 0 radical (unpaired) electrons. The number of phenolic OH excluding ortho intramolecular Hbond substituents is 1. The molecule has 1 saturated heterocycles. The highest BCUT2D eigenvalue weighted by Crippen LogP contribution is 2.39. The van der Waals surface area contributed by atoms with Gasteiger partial charge in [0.25, 0.3) is 0 Å². The maximum atomic E-state index is 10.8. The van der Waals surface area contributed by atoms with Gasteiger partial charge in [-0.05, 0) is 23.0 Å². The summed E-state index contributed by atoms with van der Waals surface area (Å²) in [5.74, 6) is 0.456. The van der Waals surface area contributed by atoms with Gasteiger partial charge in [0.15, 0.2) is 0 Å². The third kappa shape index (κ3) is 4.48. The second-order valence-corrected chi connectivity index (χ2v) is 9.20. The molecular weight excluding hydrogens is 286 g/mol. The maximum absolute atomic E-state index is 10.8. The minimum Gasteiger partial charge on any atom is -0.507 e. The normalized spacial score (nSPS) is 23.1. The standard InChI is InChI=1S/C20H33NO2/c1-19(2,3)16-11-14(12-17(18(16)23)20(4,5)6)13-21-9-7-15(22)8-10-21/h11-12,15,22-23H,7-10,13H2,1-6H3/p+1. The second kappa shape index (κ2) is 6.45. The molecule has 3 heteroatoms. The molecule has 0 aromatic heterocycles. The number of phenols is 1. The first kappa shape index (κ1) is 18.3. The van der Waals surface area contributed by atoms with Crippen molar-refractivity contribution in [2.45, 2.75) is 77.9 Å². The molecule has 1 aliphatic heterocycles. The molecule has 0 unspecified atom stereocenters. The van der Waals surface area contributed by atoms with Crippen molar-refractivity contribution >= 4 is 0 Å². The summed E-state index contributed by atoms with van der Waals surface area (Å²) in [4.78, 5) is 1.53. The van der Waals surface area contributed by atoms with E-state index in [0.29, 0.717) is 5.75 Å². The van der Waals surface area contributed by atoms with Crippen LogP contribution in [0.15, 0.2) is 12.1 Å². The number of hydrogen-bond donors (Lipinski definition) is 3. The van der Waals surface area contributed by atoms with Crippen molar-refractivity contribution in [2.75, 3.05) is 13.1 Å². The summed E-state index contributed by atoms with van der Waals surface area (Å²) in [6.07, 6.45) is 1.67. The van der Waals surface area contributed by atoms with Crippen LogP contribution >= 0.6 is 0 Å². The fraction of sp³-hybridized carbons (Fsp3) is 0.700. The van der Waals surface area contributed by atoms with Gasteiger partial charge in [-0.15, -0.1) is 0 Å². The number of rotatable bonds is 2. The van der Waals surface area contributed by atoms with Crippen LogP contribution < -0.4 is 4.90 Å². The molecule has 23 heavy (non-hydrogen) atoms. The number of aromatic hydroxyl groups is 1.